The maximum absolute atomic E-state index is 13.4. The van der Waals surface area contributed by atoms with Crippen LogP contribution in [-0.4, -0.2) is 13.2 Å². The number of hydrogen-bond donors (Lipinski definition) is 1. The van der Waals surface area contributed by atoms with Crippen molar-refractivity contribution in [3.8, 4) is 5.75 Å². The van der Waals surface area contributed by atoms with E-state index in [1.54, 1.807) is 19.4 Å². The third kappa shape index (κ3) is 3.61. The number of methoxy groups -OCH3 is 1. The fourth-order valence-corrected chi connectivity index (χ4v) is 2.35. The van der Waals surface area contributed by atoms with Gasteiger partial charge in [0, 0.05) is 24.1 Å². The topological polar surface area (TPSA) is 34.4 Å². The lowest BCUT2D eigenvalue weighted by Gasteiger charge is -2.21. The van der Waals surface area contributed by atoms with Crippen LogP contribution in [0.2, 0.25) is 0 Å². The van der Waals surface area contributed by atoms with Gasteiger partial charge in [-0.1, -0.05) is 0 Å². The van der Waals surface area contributed by atoms with Crippen LogP contribution in [0.25, 0.3) is 0 Å². The second-order valence-electron chi connectivity index (χ2n) is 4.96. The highest BCUT2D eigenvalue weighted by atomic mass is 19.1. The van der Waals surface area contributed by atoms with Crippen molar-refractivity contribution in [2.45, 2.75) is 32.4 Å². The molecule has 1 heterocycles. The molecule has 0 saturated carbocycles. The molecule has 2 unspecified atom stereocenters. The molecule has 0 aliphatic heterocycles. The molecule has 1 aromatic carbocycles. The largest absolute Gasteiger partial charge is 0.496 e. The lowest BCUT2D eigenvalue weighted by Crippen LogP contribution is -2.30. The molecule has 0 saturated heterocycles. The highest BCUT2D eigenvalue weighted by molar-refractivity contribution is 5.36. The van der Waals surface area contributed by atoms with Crippen molar-refractivity contribution in [2.75, 3.05) is 7.11 Å². The molecule has 2 rings (SSSR count). The van der Waals surface area contributed by atoms with E-state index in [0.29, 0.717) is 5.75 Å². The summed E-state index contributed by atoms with van der Waals surface area (Å²) in [5.41, 5.74) is 0.818. The zero-order valence-corrected chi connectivity index (χ0v) is 12.0. The molecular formula is C16H20FNO2. The van der Waals surface area contributed by atoms with Gasteiger partial charge in [-0.25, -0.2) is 4.39 Å². The summed E-state index contributed by atoms with van der Waals surface area (Å²) in [6.07, 6.45) is 2.45. The minimum atomic E-state index is -0.256. The lowest BCUT2D eigenvalue weighted by atomic mass is 10.0. The first kappa shape index (κ1) is 14.6. The molecule has 0 bridgehead atoms. The van der Waals surface area contributed by atoms with E-state index in [-0.39, 0.29) is 17.9 Å². The smallest absolute Gasteiger partial charge is 0.123 e. The van der Waals surface area contributed by atoms with Gasteiger partial charge in [0.1, 0.15) is 17.3 Å². The van der Waals surface area contributed by atoms with Gasteiger partial charge in [0.2, 0.25) is 0 Å². The van der Waals surface area contributed by atoms with Crippen LogP contribution in [0.4, 0.5) is 4.39 Å². The number of furan rings is 1. The van der Waals surface area contributed by atoms with Gasteiger partial charge in [-0.3, -0.25) is 0 Å². The van der Waals surface area contributed by atoms with Gasteiger partial charge in [-0.2, -0.15) is 0 Å². The lowest BCUT2D eigenvalue weighted by molar-refractivity contribution is 0.388. The first-order chi connectivity index (χ1) is 9.60. The Morgan fingerprint density at radius 1 is 1.30 bits per heavy atom. The maximum Gasteiger partial charge on any atom is 0.123 e. The van der Waals surface area contributed by atoms with Crippen LogP contribution in [0.5, 0.6) is 5.75 Å². The summed E-state index contributed by atoms with van der Waals surface area (Å²) in [6, 6.07) is 8.60. The minimum Gasteiger partial charge on any atom is -0.496 e. The molecule has 0 fully saturated rings. The fourth-order valence-electron chi connectivity index (χ4n) is 2.35. The Bertz CT molecular complexity index is 539. The van der Waals surface area contributed by atoms with Crippen molar-refractivity contribution in [3.05, 3.63) is 53.7 Å². The molecular weight excluding hydrogens is 257 g/mol. The van der Waals surface area contributed by atoms with Gasteiger partial charge < -0.3 is 14.5 Å². The summed E-state index contributed by atoms with van der Waals surface area (Å²) in [5.74, 6) is 1.37. The standard InChI is InChI=1S/C16H20FNO2/c1-11(9-14-5-4-8-20-14)18-12(2)15-10-13(17)6-7-16(15)19-3/h4-8,10-12,18H,9H2,1-3H3. The third-order valence-electron chi connectivity index (χ3n) is 3.28. The van der Waals surface area contributed by atoms with Gasteiger partial charge in [-0.05, 0) is 44.2 Å². The number of hydrogen-bond acceptors (Lipinski definition) is 3. The predicted molar refractivity (Wildman–Crippen MR) is 76.4 cm³/mol. The summed E-state index contributed by atoms with van der Waals surface area (Å²) in [4.78, 5) is 0. The Hall–Kier alpha value is -1.81. The zero-order valence-electron chi connectivity index (χ0n) is 12.0. The molecule has 4 heteroatoms. The van der Waals surface area contributed by atoms with E-state index in [1.807, 2.05) is 19.1 Å². The Morgan fingerprint density at radius 2 is 2.10 bits per heavy atom. The molecule has 1 N–H and O–H groups in total. The number of benzene rings is 1. The van der Waals surface area contributed by atoms with Crippen molar-refractivity contribution in [1.82, 2.24) is 5.32 Å². The van der Waals surface area contributed by atoms with E-state index in [0.717, 1.165) is 17.7 Å². The monoisotopic (exact) mass is 277 g/mol. The number of rotatable bonds is 6. The van der Waals surface area contributed by atoms with E-state index in [9.17, 15) is 4.39 Å². The first-order valence-corrected chi connectivity index (χ1v) is 6.72. The molecule has 20 heavy (non-hydrogen) atoms. The Labute approximate surface area is 118 Å². The highest BCUT2D eigenvalue weighted by Crippen LogP contribution is 2.26. The van der Waals surface area contributed by atoms with Gasteiger partial charge in [0.15, 0.2) is 0 Å². The molecule has 2 atom stereocenters. The predicted octanol–water partition coefficient (Wildman–Crippen LogP) is 3.71. The summed E-state index contributed by atoms with van der Waals surface area (Å²) < 4.78 is 24.0. The van der Waals surface area contributed by atoms with Crippen LogP contribution in [0, 0.1) is 5.82 Å². The molecule has 108 valence electrons. The molecule has 0 aliphatic carbocycles. The van der Waals surface area contributed by atoms with Crippen molar-refractivity contribution in [2.24, 2.45) is 0 Å². The van der Waals surface area contributed by atoms with E-state index < -0.39 is 0 Å². The Balaban J connectivity index is 2.03. The van der Waals surface area contributed by atoms with Gasteiger partial charge >= 0.3 is 0 Å². The first-order valence-electron chi connectivity index (χ1n) is 6.72. The van der Waals surface area contributed by atoms with Crippen molar-refractivity contribution in [1.29, 1.82) is 0 Å². The van der Waals surface area contributed by atoms with Gasteiger partial charge in [0.25, 0.3) is 0 Å². The van der Waals surface area contributed by atoms with Crippen molar-refractivity contribution in [3.63, 3.8) is 0 Å². The van der Waals surface area contributed by atoms with E-state index in [4.69, 9.17) is 9.15 Å². The summed E-state index contributed by atoms with van der Waals surface area (Å²) >= 11 is 0. The maximum atomic E-state index is 13.4. The SMILES string of the molecule is COc1ccc(F)cc1C(C)NC(C)Cc1ccco1. The third-order valence-corrected chi connectivity index (χ3v) is 3.28. The Morgan fingerprint density at radius 3 is 2.75 bits per heavy atom. The number of ether oxygens (including phenoxy) is 1. The molecule has 3 nitrogen and oxygen atoms in total. The van der Waals surface area contributed by atoms with E-state index in [1.165, 1.54) is 12.1 Å². The minimum absolute atomic E-state index is 0.00869. The summed E-state index contributed by atoms with van der Waals surface area (Å²) in [5, 5.41) is 3.43. The van der Waals surface area contributed by atoms with Crippen LogP contribution in [0.15, 0.2) is 41.0 Å². The highest BCUT2D eigenvalue weighted by Gasteiger charge is 2.15. The van der Waals surface area contributed by atoms with Gasteiger partial charge in [0.05, 0.1) is 13.4 Å². The quantitative estimate of drug-likeness (QED) is 0.874. The summed E-state index contributed by atoms with van der Waals surface area (Å²) in [7, 11) is 1.59. The second-order valence-corrected chi connectivity index (χ2v) is 4.96. The fraction of sp³-hybridized carbons (Fsp3) is 0.375. The average Bonchev–Trinajstić information content (AvgIpc) is 2.91. The molecule has 2 aromatic rings. The average molecular weight is 277 g/mol. The van der Waals surface area contributed by atoms with Crippen molar-refractivity contribution >= 4 is 0 Å². The van der Waals surface area contributed by atoms with Crippen LogP contribution in [0.3, 0.4) is 0 Å². The zero-order chi connectivity index (χ0) is 14.5. The molecule has 0 spiro atoms. The molecule has 0 aliphatic rings. The van der Waals surface area contributed by atoms with Crippen LogP contribution >= 0.6 is 0 Å². The molecule has 0 radical (unpaired) electrons. The molecule has 0 amide bonds. The van der Waals surface area contributed by atoms with Crippen LogP contribution < -0.4 is 10.1 Å². The van der Waals surface area contributed by atoms with E-state index in [2.05, 4.69) is 12.2 Å². The van der Waals surface area contributed by atoms with E-state index >= 15 is 0 Å². The Kier molecular flexibility index (Phi) is 4.79. The number of nitrogens with one attached hydrogen (secondary N) is 1. The second kappa shape index (κ2) is 6.57. The van der Waals surface area contributed by atoms with Crippen LogP contribution in [0.1, 0.15) is 31.2 Å². The van der Waals surface area contributed by atoms with Gasteiger partial charge in [-0.15, -0.1) is 0 Å². The summed E-state index contributed by atoms with van der Waals surface area (Å²) in [6.45, 7) is 4.07. The molecule has 1 aromatic heterocycles. The van der Waals surface area contributed by atoms with Crippen molar-refractivity contribution < 1.29 is 13.5 Å². The van der Waals surface area contributed by atoms with Crippen LogP contribution in [-0.2, 0) is 6.42 Å². The number of halogens is 1. The normalized spacial score (nSPS) is 14.0.